The van der Waals surface area contributed by atoms with E-state index in [1.807, 2.05) is 0 Å². The highest BCUT2D eigenvalue weighted by molar-refractivity contribution is 5.93. The third-order valence-corrected chi connectivity index (χ3v) is 4.12. The summed E-state index contributed by atoms with van der Waals surface area (Å²) in [5.41, 5.74) is 0. The molecule has 3 heterocycles. The van der Waals surface area contributed by atoms with Gasteiger partial charge in [-0.15, -0.1) is 5.10 Å². The second-order valence-corrected chi connectivity index (χ2v) is 5.47. The Morgan fingerprint density at radius 3 is 2.85 bits per heavy atom. The Bertz CT molecular complexity index is 468. The molecule has 2 N–H and O–H groups in total. The third-order valence-electron chi connectivity index (χ3n) is 4.12. The molecule has 1 aromatic rings. The van der Waals surface area contributed by atoms with Crippen molar-refractivity contribution >= 4 is 11.9 Å². The molecule has 110 valence electrons. The van der Waals surface area contributed by atoms with Gasteiger partial charge >= 0.3 is 0 Å². The summed E-state index contributed by atoms with van der Waals surface area (Å²) in [5, 5.41) is 17.7. The van der Waals surface area contributed by atoms with E-state index >= 15 is 0 Å². The Labute approximate surface area is 117 Å². The molecule has 0 spiro atoms. The minimum Gasteiger partial charge on any atom is -0.317 e. The normalized spacial score (nSPS) is 24.9. The van der Waals surface area contributed by atoms with E-state index in [0.29, 0.717) is 6.04 Å². The van der Waals surface area contributed by atoms with Crippen LogP contribution in [0.2, 0.25) is 0 Å². The van der Waals surface area contributed by atoms with Gasteiger partial charge in [-0.05, 0) is 50.5 Å². The zero-order valence-electron chi connectivity index (χ0n) is 11.7. The molecule has 0 radical (unpaired) electrons. The van der Waals surface area contributed by atoms with E-state index in [1.54, 1.807) is 7.05 Å². The number of hydrogen-bond acceptors (Lipinski definition) is 6. The molecule has 2 aliphatic heterocycles. The predicted molar refractivity (Wildman–Crippen MR) is 73.0 cm³/mol. The van der Waals surface area contributed by atoms with Crippen molar-refractivity contribution in [2.75, 3.05) is 25.0 Å². The van der Waals surface area contributed by atoms with Crippen molar-refractivity contribution in [2.24, 2.45) is 7.05 Å². The minimum absolute atomic E-state index is 0.00553. The molecular formula is C12H21N7O. The average molecular weight is 279 g/mol. The Hall–Kier alpha value is -1.54. The van der Waals surface area contributed by atoms with Crippen LogP contribution in [0.1, 0.15) is 25.7 Å². The van der Waals surface area contributed by atoms with Gasteiger partial charge in [0.05, 0.1) is 13.1 Å². The number of piperidine rings is 1. The topological polar surface area (TPSA) is 88.0 Å². The van der Waals surface area contributed by atoms with E-state index in [1.165, 1.54) is 4.80 Å². The van der Waals surface area contributed by atoms with Crippen molar-refractivity contribution in [3.8, 4) is 0 Å². The zero-order valence-corrected chi connectivity index (χ0v) is 11.7. The van der Waals surface area contributed by atoms with Gasteiger partial charge < -0.3 is 5.32 Å². The van der Waals surface area contributed by atoms with Gasteiger partial charge in [0.15, 0.2) is 0 Å². The monoisotopic (exact) mass is 279 g/mol. The van der Waals surface area contributed by atoms with Crippen LogP contribution in [0.5, 0.6) is 0 Å². The lowest BCUT2D eigenvalue weighted by Gasteiger charge is -2.34. The second-order valence-electron chi connectivity index (χ2n) is 5.47. The Balaban J connectivity index is 1.63. The summed E-state index contributed by atoms with van der Waals surface area (Å²) in [6.45, 7) is 3.10. The van der Waals surface area contributed by atoms with Crippen LogP contribution in [0.3, 0.4) is 0 Å². The number of rotatable bonds is 3. The second kappa shape index (κ2) is 5.84. The number of hydrogen-bond donors (Lipinski definition) is 2. The summed E-state index contributed by atoms with van der Waals surface area (Å²) in [6.07, 6.45) is 4.23. The maximum Gasteiger partial charge on any atom is 0.270 e. The summed E-state index contributed by atoms with van der Waals surface area (Å²) < 4.78 is 0. The van der Waals surface area contributed by atoms with Gasteiger partial charge in [0, 0.05) is 6.04 Å². The van der Waals surface area contributed by atoms with Crippen molar-refractivity contribution in [1.82, 2.24) is 30.4 Å². The Kier molecular flexibility index (Phi) is 3.93. The van der Waals surface area contributed by atoms with Crippen molar-refractivity contribution in [1.29, 1.82) is 0 Å². The van der Waals surface area contributed by atoms with Gasteiger partial charge in [-0.2, -0.15) is 4.80 Å². The fourth-order valence-electron chi connectivity index (χ4n) is 3.17. The van der Waals surface area contributed by atoms with Crippen LogP contribution in [0.15, 0.2) is 0 Å². The fourth-order valence-corrected chi connectivity index (χ4v) is 3.17. The van der Waals surface area contributed by atoms with Crippen LogP contribution in [0.25, 0.3) is 0 Å². The highest BCUT2D eigenvalue weighted by atomic mass is 16.2. The van der Waals surface area contributed by atoms with Gasteiger partial charge in [0.2, 0.25) is 5.91 Å². The number of carbonyl (C=O) groups excluding carboxylic acids is 1. The Morgan fingerprint density at radius 2 is 2.15 bits per heavy atom. The van der Waals surface area contributed by atoms with Gasteiger partial charge in [0.25, 0.3) is 5.95 Å². The number of likely N-dealkylation sites (tertiary alicyclic amines) is 1. The van der Waals surface area contributed by atoms with E-state index in [2.05, 4.69) is 30.9 Å². The van der Waals surface area contributed by atoms with Crippen LogP contribution >= 0.6 is 0 Å². The minimum atomic E-state index is -0.0538. The molecule has 0 aromatic carbocycles. The molecule has 1 atom stereocenters. The van der Waals surface area contributed by atoms with Gasteiger partial charge in [0.1, 0.15) is 0 Å². The number of tetrazole rings is 1. The summed E-state index contributed by atoms with van der Waals surface area (Å²) in [6, 6.07) is 0.464. The van der Waals surface area contributed by atoms with Crippen molar-refractivity contribution in [2.45, 2.75) is 37.8 Å². The lowest BCUT2D eigenvalue weighted by Crippen LogP contribution is -2.49. The molecule has 3 rings (SSSR count). The molecular weight excluding hydrogens is 258 g/mol. The van der Waals surface area contributed by atoms with Crippen LogP contribution < -0.4 is 10.6 Å². The van der Waals surface area contributed by atoms with Gasteiger partial charge in [-0.1, -0.05) is 5.10 Å². The number of nitrogens with zero attached hydrogens (tertiary/aromatic N) is 5. The first kappa shape index (κ1) is 13.4. The maximum absolute atomic E-state index is 12.4. The highest BCUT2D eigenvalue weighted by Gasteiger charge is 2.36. The van der Waals surface area contributed by atoms with E-state index in [0.717, 1.165) is 45.3 Å². The number of amides is 1. The largest absolute Gasteiger partial charge is 0.317 e. The molecule has 8 nitrogen and oxygen atoms in total. The summed E-state index contributed by atoms with van der Waals surface area (Å²) in [7, 11) is 1.68. The fraction of sp³-hybridized carbons (Fsp3) is 0.833. The molecule has 0 saturated carbocycles. The summed E-state index contributed by atoms with van der Waals surface area (Å²) in [4.78, 5) is 16.1. The quantitative estimate of drug-likeness (QED) is 0.765. The molecule has 8 heteroatoms. The van der Waals surface area contributed by atoms with Crippen LogP contribution in [-0.2, 0) is 11.8 Å². The molecule has 2 aliphatic rings. The predicted octanol–water partition coefficient (Wildman–Crippen LogP) is -0.635. The van der Waals surface area contributed by atoms with Crippen molar-refractivity contribution < 1.29 is 4.79 Å². The standard InChI is InChI=1S/C12H21N7O/c1-18-16-12(15-17-18)14-11(20)10-3-2-8-19(10)9-4-6-13-7-5-9/h9-10,13H,2-8H2,1H3,(H,14,16,20). The van der Waals surface area contributed by atoms with Crippen LogP contribution in [0, 0.1) is 0 Å². The van der Waals surface area contributed by atoms with Crippen molar-refractivity contribution in [3.63, 3.8) is 0 Å². The highest BCUT2D eigenvalue weighted by Crippen LogP contribution is 2.25. The van der Waals surface area contributed by atoms with E-state index in [-0.39, 0.29) is 17.9 Å². The third kappa shape index (κ3) is 2.80. The molecule has 1 aromatic heterocycles. The van der Waals surface area contributed by atoms with E-state index in [4.69, 9.17) is 0 Å². The average Bonchev–Trinajstić information content (AvgIpc) is 3.09. The first-order chi connectivity index (χ1) is 9.74. The van der Waals surface area contributed by atoms with E-state index < -0.39 is 0 Å². The molecule has 2 saturated heterocycles. The molecule has 0 aliphatic carbocycles. The summed E-state index contributed by atoms with van der Waals surface area (Å²) in [5.74, 6) is 0.281. The number of nitrogens with one attached hydrogen (secondary N) is 2. The SMILES string of the molecule is Cn1nnc(NC(=O)C2CCCN2C2CCNCC2)n1. The number of aryl methyl sites for hydroxylation is 1. The van der Waals surface area contributed by atoms with Gasteiger partial charge in [-0.25, -0.2) is 0 Å². The van der Waals surface area contributed by atoms with Crippen LogP contribution in [0.4, 0.5) is 5.95 Å². The lowest BCUT2D eigenvalue weighted by molar-refractivity contribution is -0.121. The Morgan fingerprint density at radius 1 is 1.35 bits per heavy atom. The van der Waals surface area contributed by atoms with E-state index in [9.17, 15) is 4.79 Å². The molecule has 20 heavy (non-hydrogen) atoms. The summed E-state index contributed by atoms with van der Waals surface area (Å²) >= 11 is 0. The maximum atomic E-state index is 12.4. The number of aromatic nitrogens is 4. The molecule has 2 fully saturated rings. The molecule has 1 unspecified atom stereocenters. The first-order valence-corrected chi connectivity index (χ1v) is 7.25. The smallest absolute Gasteiger partial charge is 0.270 e. The molecule has 1 amide bonds. The molecule has 0 bridgehead atoms. The van der Waals surface area contributed by atoms with Gasteiger partial charge in [-0.3, -0.25) is 15.0 Å². The zero-order chi connectivity index (χ0) is 13.9. The lowest BCUT2D eigenvalue weighted by atomic mass is 10.0. The number of carbonyl (C=O) groups is 1. The number of anilines is 1. The van der Waals surface area contributed by atoms with Crippen LogP contribution in [-0.4, -0.2) is 62.7 Å². The van der Waals surface area contributed by atoms with Crippen molar-refractivity contribution in [3.05, 3.63) is 0 Å². The first-order valence-electron chi connectivity index (χ1n) is 7.25.